The fourth-order valence-electron chi connectivity index (χ4n) is 2.58. The lowest BCUT2D eigenvalue weighted by atomic mass is 9.96. The third-order valence-corrected chi connectivity index (χ3v) is 3.74. The minimum absolute atomic E-state index is 0.763. The third kappa shape index (κ3) is 3.35. The molecule has 0 bridgehead atoms. The lowest BCUT2D eigenvalue weighted by Gasteiger charge is -2.14. The van der Waals surface area contributed by atoms with E-state index in [0.29, 0.717) is 0 Å². The molecule has 2 N–H and O–H groups in total. The topological polar surface area (TPSA) is 24.1 Å². The van der Waals surface area contributed by atoms with E-state index in [4.69, 9.17) is 0 Å². The Kier molecular flexibility index (Phi) is 4.52. The monoisotopic (exact) mass is 288 g/mol. The molecule has 0 aliphatic rings. The summed E-state index contributed by atoms with van der Waals surface area (Å²) in [4.78, 5) is 0. The van der Waals surface area contributed by atoms with Gasteiger partial charge in [-0.1, -0.05) is 66.7 Å². The first-order chi connectivity index (χ1) is 10.8. The van der Waals surface area contributed by atoms with E-state index in [2.05, 4.69) is 66.3 Å². The van der Waals surface area contributed by atoms with Crippen LogP contribution in [0, 0.1) is 6.92 Å². The normalized spacial score (nSPS) is 10.4. The molecule has 22 heavy (non-hydrogen) atoms. The molecular weight excluding hydrogens is 268 g/mol. The van der Waals surface area contributed by atoms with Crippen LogP contribution in [0.4, 0.5) is 5.69 Å². The number of rotatable bonds is 5. The van der Waals surface area contributed by atoms with Crippen LogP contribution >= 0.6 is 0 Å². The average Bonchev–Trinajstić information content (AvgIpc) is 2.57. The van der Waals surface area contributed by atoms with Crippen LogP contribution in [0.25, 0.3) is 11.1 Å². The van der Waals surface area contributed by atoms with Gasteiger partial charge in [0.2, 0.25) is 0 Å². The van der Waals surface area contributed by atoms with Crippen molar-refractivity contribution >= 4 is 5.69 Å². The molecule has 0 spiro atoms. The third-order valence-electron chi connectivity index (χ3n) is 3.74. The van der Waals surface area contributed by atoms with E-state index in [-0.39, 0.29) is 0 Å². The highest BCUT2D eigenvalue weighted by molar-refractivity contribution is 5.70. The Morgan fingerprint density at radius 1 is 0.682 bits per heavy atom. The smallest absolute Gasteiger partial charge is 0.0487 e. The number of nitrogens with one attached hydrogen (secondary N) is 2. The van der Waals surface area contributed by atoms with Crippen molar-refractivity contribution < 1.29 is 0 Å². The summed E-state index contributed by atoms with van der Waals surface area (Å²) in [5.41, 5.74) is 12.7. The minimum Gasteiger partial charge on any atom is -0.321 e. The fraction of sp³-hybridized carbons (Fsp3) is 0.100. The van der Waals surface area contributed by atoms with Gasteiger partial charge in [0.25, 0.3) is 0 Å². The summed E-state index contributed by atoms with van der Waals surface area (Å²) in [6.07, 6.45) is 0. The highest BCUT2D eigenvalue weighted by Gasteiger charge is 2.06. The van der Waals surface area contributed by atoms with Gasteiger partial charge in [0.05, 0.1) is 0 Å². The van der Waals surface area contributed by atoms with E-state index < -0.39 is 0 Å². The van der Waals surface area contributed by atoms with Crippen LogP contribution < -0.4 is 10.9 Å². The molecule has 0 unspecified atom stereocenters. The zero-order valence-electron chi connectivity index (χ0n) is 12.7. The van der Waals surface area contributed by atoms with Crippen molar-refractivity contribution in [1.29, 1.82) is 0 Å². The zero-order chi connectivity index (χ0) is 15.2. The number of hydrogen-bond donors (Lipinski definition) is 2. The number of para-hydroxylation sites is 1. The van der Waals surface area contributed by atoms with Crippen LogP contribution in [-0.2, 0) is 6.54 Å². The second-order valence-corrected chi connectivity index (χ2v) is 5.32. The molecule has 0 amide bonds. The van der Waals surface area contributed by atoms with Gasteiger partial charge < -0.3 is 5.43 Å². The SMILES string of the molecule is Cc1ccccc1-c1ccccc1CNNc1ccccc1. The van der Waals surface area contributed by atoms with E-state index in [0.717, 1.165) is 12.2 Å². The standard InChI is InChI=1S/C20H20N2/c1-16-9-5-7-13-19(16)20-14-8-6-10-17(20)15-21-22-18-11-3-2-4-12-18/h2-14,21-22H,15H2,1H3. The van der Waals surface area contributed by atoms with E-state index in [1.165, 1.54) is 22.3 Å². The summed E-state index contributed by atoms with van der Waals surface area (Å²) in [7, 11) is 0. The van der Waals surface area contributed by atoms with Crippen molar-refractivity contribution in [2.45, 2.75) is 13.5 Å². The number of hydrogen-bond acceptors (Lipinski definition) is 2. The van der Waals surface area contributed by atoms with Gasteiger partial charge >= 0.3 is 0 Å². The Hall–Kier alpha value is -2.58. The van der Waals surface area contributed by atoms with E-state index >= 15 is 0 Å². The van der Waals surface area contributed by atoms with Crippen molar-refractivity contribution in [2.24, 2.45) is 0 Å². The largest absolute Gasteiger partial charge is 0.321 e. The van der Waals surface area contributed by atoms with Crippen LogP contribution in [0.3, 0.4) is 0 Å². The van der Waals surface area contributed by atoms with Crippen molar-refractivity contribution in [3.05, 3.63) is 90.0 Å². The molecule has 0 heterocycles. The Bertz CT molecular complexity index is 735. The summed E-state index contributed by atoms with van der Waals surface area (Å²) < 4.78 is 0. The quantitative estimate of drug-likeness (QED) is 0.660. The summed E-state index contributed by atoms with van der Waals surface area (Å²) in [6.45, 7) is 2.92. The van der Waals surface area contributed by atoms with E-state index in [1.807, 2.05) is 30.3 Å². The molecule has 2 heteroatoms. The molecule has 3 aromatic carbocycles. The average molecular weight is 288 g/mol. The first-order valence-electron chi connectivity index (χ1n) is 7.52. The van der Waals surface area contributed by atoms with Crippen LogP contribution in [0.2, 0.25) is 0 Å². The summed E-state index contributed by atoms with van der Waals surface area (Å²) in [5, 5.41) is 0. The maximum atomic E-state index is 3.30. The van der Waals surface area contributed by atoms with Crippen molar-refractivity contribution in [3.8, 4) is 11.1 Å². The number of hydrazine groups is 1. The van der Waals surface area contributed by atoms with Gasteiger partial charge in [-0.2, -0.15) is 0 Å². The molecule has 0 aliphatic carbocycles. The summed E-state index contributed by atoms with van der Waals surface area (Å²) in [6, 6.07) is 27.2. The number of anilines is 1. The first-order valence-corrected chi connectivity index (χ1v) is 7.52. The van der Waals surface area contributed by atoms with Crippen LogP contribution in [0.5, 0.6) is 0 Å². The molecule has 3 aromatic rings. The highest BCUT2D eigenvalue weighted by Crippen LogP contribution is 2.26. The zero-order valence-corrected chi connectivity index (χ0v) is 12.7. The Morgan fingerprint density at radius 3 is 2.09 bits per heavy atom. The Labute approximate surface area is 131 Å². The number of aryl methyl sites for hydroxylation is 1. The molecule has 0 saturated heterocycles. The van der Waals surface area contributed by atoms with Gasteiger partial charge in [-0.25, -0.2) is 5.43 Å². The van der Waals surface area contributed by atoms with E-state index in [1.54, 1.807) is 0 Å². The second kappa shape index (κ2) is 6.92. The predicted octanol–water partition coefficient (Wildman–Crippen LogP) is 4.78. The molecular formula is C20H20N2. The van der Waals surface area contributed by atoms with Crippen LogP contribution in [0.15, 0.2) is 78.9 Å². The minimum atomic E-state index is 0.763. The van der Waals surface area contributed by atoms with Crippen LogP contribution in [0.1, 0.15) is 11.1 Å². The van der Waals surface area contributed by atoms with Crippen molar-refractivity contribution in [1.82, 2.24) is 5.43 Å². The molecule has 0 aromatic heterocycles. The van der Waals surface area contributed by atoms with Gasteiger partial charge in [-0.05, 0) is 41.3 Å². The number of benzene rings is 3. The Morgan fingerprint density at radius 2 is 1.32 bits per heavy atom. The molecule has 2 nitrogen and oxygen atoms in total. The van der Waals surface area contributed by atoms with Gasteiger partial charge in [0.1, 0.15) is 0 Å². The lowest BCUT2D eigenvalue weighted by molar-refractivity contribution is 0.803. The van der Waals surface area contributed by atoms with E-state index in [9.17, 15) is 0 Å². The molecule has 0 aliphatic heterocycles. The Balaban J connectivity index is 1.76. The van der Waals surface area contributed by atoms with Gasteiger partial charge in [-0.3, -0.25) is 0 Å². The van der Waals surface area contributed by atoms with Gasteiger partial charge in [0, 0.05) is 12.2 Å². The maximum absolute atomic E-state index is 3.30. The van der Waals surface area contributed by atoms with Crippen molar-refractivity contribution in [3.63, 3.8) is 0 Å². The fourth-order valence-corrected chi connectivity index (χ4v) is 2.58. The maximum Gasteiger partial charge on any atom is 0.0487 e. The molecule has 0 radical (unpaired) electrons. The molecule has 3 rings (SSSR count). The lowest BCUT2D eigenvalue weighted by Crippen LogP contribution is -2.21. The first kappa shape index (κ1) is 14.4. The van der Waals surface area contributed by atoms with Gasteiger partial charge in [-0.15, -0.1) is 0 Å². The molecule has 110 valence electrons. The summed E-state index contributed by atoms with van der Waals surface area (Å²) >= 11 is 0. The van der Waals surface area contributed by atoms with Crippen molar-refractivity contribution in [2.75, 3.05) is 5.43 Å². The van der Waals surface area contributed by atoms with Gasteiger partial charge in [0.15, 0.2) is 0 Å². The predicted molar refractivity (Wildman–Crippen MR) is 93.5 cm³/mol. The highest BCUT2D eigenvalue weighted by atomic mass is 15.3. The molecule has 0 atom stereocenters. The second-order valence-electron chi connectivity index (χ2n) is 5.32. The molecule has 0 saturated carbocycles. The summed E-state index contributed by atoms with van der Waals surface area (Å²) in [5.74, 6) is 0. The van der Waals surface area contributed by atoms with Crippen LogP contribution in [-0.4, -0.2) is 0 Å². The molecule has 0 fully saturated rings.